The first-order valence-corrected chi connectivity index (χ1v) is 8.70. The number of carboxylic acids is 1. The summed E-state index contributed by atoms with van der Waals surface area (Å²) in [5.41, 5.74) is 1.69. The fourth-order valence-electron chi connectivity index (χ4n) is 2.04. The molecule has 0 bridgehead atoms. The average molecular weight is 459 g/mol. The molecule has 0 unspecified atom stereocenters. The molecule has 0 fully saturated rings. The molecular formula is C18H16ClIO4. The molecule has 0 saturated heterocycles. The van der Waals surface area contributed by atoms with Gasteiger partial charge in [0.1, 0.15) is 6.61 Å². The van der Waals surface area contributed by atoms with Crippen molar-refractivity contribution in [1.29, 1.82) is 0 Å². The van der Waals surface area contributed by atoms with Crippen LogP contribution in [-0.4, -0.2) is 17.7 Å². The van der Waals surface area contributed by atoms with E-state index in [0.29, 0.717) is 29.7 Å². The van der Waals surface area contributed by atoms with Gasteiger partial charge in [-0.15, -0.1) is 0 Å². The molecule has 2 aromatic carbocycles. The number of hydrogen-bond acceptors (Lipinski definition) is 3. The lowest BCUT2D eigenvalue weighted by Gasteiger charge is -2.15. The lowest BCUT2D eigenvalue weighted by Crippen LogP contribution is -2.02. The van der Waals surface area contributed by atoms with Crippen LogP contribution in [0.2, 0.25) is 5.02 Å². The Bertz CT molecular complexity index is 759. The number of halogens is 2. The van der Waals surface area contributed by atoms with E-state index in [1.165, 1.54) is 6.08 Å². The number of ether oxygens (including phenoxy) is 2. The van der Waals surface area contributed by atoms with Crippen molar-refractivity contribution in [2.75, 3.05) is 6.61 Å². The van der Waals surface area contributed by atoms with Crippen molar-refractivity contribution >= 4 is 46.2 Å². The molecule has 0 amide bonds. The maximum atomic E-state index is 10.7. The van der Waals surface area contributed by atoms with E-state index in [4.69, 9.17) is 26.2 Å². The number of hydrogen-bond donors (Lipinski definition) is 1. The molecule has 4 nitrogen and oxygen atoms in total. The Morgan fingerprint density at radius 3 is 2.75 bits per heavy atom. The van der Waals surface area contributed by atoms with Crippen LogP contribution >= 0.6 is 34.2 Å². The molecule has 0 atom stereocenters. The Morgan fingerprint density at radius 1 is 1.29 bits per heavy atom. The lowest BCUT2D eigenvalue weighted by atomic mass is 10.2. The highest BCUT2D eigenvalue weighted by molar-refractivity contribution is 14.1. The summed E-state index contributed by atoms with van der Waals surface area (Å²) < 4.78 is 12.4. The second-order valence-electron chi connectivity index (χ2n) is 4.85. The van der Waals surface area contributed by atoms with E-state index in [0.717, 1.165) is 20.8 Å². The first-order valence-electron chi connectivity index (χ1n) is 7.24. The zero-order chi connectivity index (χ0) is 17.5. The van der Waals surface area contributed by atoms with Gasteiger partial charge in [0, 0.05) is 11.1 Å². The molecule has 0 heterocycles. The Hall–Kier alpha value is -1.73. The van der Waals surface area contributed by atoms with Crippen LogP contribution in [0, 0.1) is 3.57 Å². The van der Waals surface area contributed by atoms with E-state index in [1.54, 1.807) is 6.07 Å². The zero-order valence-electron chi connectivity index (χ0n) is 13.0. The molecule has 0 spiro atoms. The molecule has 0 aliphatic heterocycles. The van der Waals surface area contributed by atoms with Gasteiger partial charge in [-0.2, -0.15) is 0 Å². The normalized spacial score (nSPS) is 10.8. The summed E-state index contributed by atoms with van der Waals surface area (Å²) in [7, 11) is 0. The highest BCUT2D eigenvalue weighted by Gasteiger charge is 2.12. The van der Waals surface area contributed by atoms with Crippen molar-refractivity contribution in [3.63, 3.8) is 0 Å². The number of benzene rings is 2. The molecule has 2 aromatic rings. The molecule has 24 heavy (non-hydrogen) atoms. The maximum Gasteiger partial charge on any atom is 0.328 e. The van der Waals surface area contributed by atoms with Gasteiger partial charge >= 0.3 is 5.97 Å². The second kappa shape index (κ2) is 8.94. The summed E-state index contributed by atoms with van der Waals surface area (Å²) in [5.74, 6) is 0.214. The van der Waals surface area contributed by atoms with Gasteiger partial charge < -0.3 is 14.6 Å². The van der Waals surface area contributed by atoms with Crippen LogP contribution in [0.4, 0.5) is 0 Å². The Morgan fingerprint density at radius 2 is 2.08 bits per heavy atom. The van der Waals surface area contributed by atoms with Crippen LogP contribution < -0.4 is 9.47 Å². The van der Waals surface area contributed by atoms with Gasteiger partial charge in [-0.3, -0.25) is 0 Å². The van der Waals surface area contributed by atoms with Gasteiger partial charge in [-0.1, -0.05) is 23.7 Å². The molecular weight excluding hydrogens is 443 g/mol. The minimum atomic E-state index is -0.996. The SMILES string of the molecule is CCOc1cc(/C=C/C(=O)O)cc(I)c1OCc1cccc(Cl)c1. The Kier molecular flexibility index (Phi) is 6.93. The summed E-state index contributed by atoms with van der Waals surface area (Å²) in [6, 6.07) is 11.1. The molecule has 0 radical (unpaired) electrons. The van der Waals surface area contributed by atoms with E-state index >= 15 is 0 Å². The summed E-state index contributed by atoms with van der Waals surface area (Å²) in [6.45, 7) is 2.73. The van der Waals surface area contributed by atoms with Crippen LogP contribution in [0.3, 0.4) is 0 Å². The minimum Gasteiger partial charge on any atom is -0.490 e. The molecule has 0 aliphatic rings. The predicted molar refractivity (Wildman–Crippen MR) is 103 cm³/mol. The monoisotopic (exact) mass is 458 g/mol. The highest BCUT2D eigenvalue weighted by Crippen LogP contribution is 2.35. The first kappa shape index (κ1) is 18.6. The van der Waals surface area contributed by atoms with E-state index in [1.807, 2.05) is 37.3 Å². The summed E-state index contributed by atoms with van der Waals surface area (Å²) >= 11 is 8.13. The van der Waals surface area contributed by atoms with Crippen LogP contribution in [0.25, 0.3) is 6.08 Å². The van der Waals surface area contributed by atoms with Crippen molar-refractivity contribution in [2.24, 2.45) is 0 Å². The van der Waals surface area contributed by atoms with Gasteiger partial charge in [0.05, 0.1) is 10.2 Å². The number of carbonyl (C=O) groups is 1. The van der Waals surface area contributed by atoms with Gasteiger partial charge in [-0.05, 0) is 71.0 Å². The van der Waals surface area contributed by atoms with E-state index < -0.39 is 5.97 Å². The standard InChI is InChI=1S/C18H16ClIO4/c1-2-23-16-10-12(6-7-17(21)22)9-15(20)18(16)24-11-13-4-3-5-14(19)8-13/h3-10H,2,11H2,1H3,(H,21,22)/b7-6+. The smallest absolute Gasteiger partial charge is 0.328 e. The van der Waals surface area contributed by atoms with Crippen LogP contribution in [0.1, 0.15) is 18.1 Å². The topological polar surface area (TPSA) is 55.8 Å². The Labute approximate surface area is 159 Å². The summed E-state index contributed by atoms with van der Waals surface area (Å²) in [6.07, 6.45) is 2.61. The fraction of sp³-hybridized carbons (Fsp3) is 0.167. The largest absolute Gasteiger partial charge is 0.490 e. The third kappa shape index (κ3) is 5.42. The van der Waals surface area contributed by atoms with Crippen LogP contribution in [0.15, 0.2) is 42.5 Å². The quantitative estimate of drug-likeness (QED) is 0.468. The first-order chi connectivity index (χ1) is 11.5. The summed E-state index contributed by atoms with van der Waals surface area (Å²) in [5, 5.41) is 9.41. The van der Waals surface area contributed by atoms with Crippen molar-refractivity contribution in [3.05, 3.63) is 62.2 Å². The average Bonchev–Trinajstić information content (AvgIpc) is 2.52. The van der Waals surface area contributed by atoms with E-state index in [9.17, 15) is 4.79 Å². The molecule has 126 valence electrons. The molecule has 1 N–H and O–H groups in total. The zero-order valence-corrected chi connectivity index (χ0v) is 15.9. The minimum absolute atomic E-state index is 0.362. The predicted octanol–water partition coefficient (Wildman–Crippen LogP) is 5.02. The van der Waals surface area contributed by atoms with Gasteiger partial charge in [0.25, 0.3) is 0 Å². The van der Waals surface area contributed by atoms with Gasteiger partial charge in [0.15, 0.2) is 11.5 Å². The maximum absolute atomic E-state index is 10.7. The Balaban J connectivity index is 2.25. The number of rotatable bonds is 7. The van der Waals surface area contributed by atoms with Crippen molar-refractivity contribution in [2.45, 2.75) is 13.5 Å². The van der Waals surface area contributed by atoms with E-state index in [-0.39, 0.29) is 0 Å². The van der Waals surface area contributed by atoms with E-state index in [2.05, 4.69) is 22.6 Å². The lowest BCUT2D eigenvalue weighted by molar-refractivity contribution is -0.131. The van der Waals surface area contributed by atoms with Crippen LogP contribution in [-0.2, 0) is 11.4 Å². The van der Waals surface area contributed by atoms with Crippen molar-refractivity contribution < 1.29 is 19.4 Å². The molecule has 0 saturated carbocycles. The van der Waals surface area contributed by atoms with Crippen molar-refractivity contribution in [1.82, 2.24) is 0 Å². The molecule has 2 rings (SSSR count). The number of carboxylic acid groups (broad SMARTS) is 1. The third-order valence-corrected chi connectivity index (χ3v) is 4.06. The van der Waals surface area contributed by atoms with Crippen LogP contribution in [0.5, 0.6) is 11.5 Å². The highest BCUT2D eigenvalue weighted by atomic mass is 127. The number of aliphatic carboxylic acids is 1. The third-order valence-electron chi connectivity index (χ3n) is 3.02. The van der Waals surface area contributed by atoms with Gasteiger partial charge in [0.2, 0.25) is 0 Å². The summed E-state index contributed by atoms with van der Waals surface area (Å²) in [4.78, 5) is 10.7. The molecule has 0 aromatic heterocycles. The molecule has 0 aliphatic carbocycles. The van der Waals surface area contributed by atoms with Gasteiger partial charge in [-0.25, -0.2) is 4.79 Å². The second-order valence-corrected chi connectivity index (χ2v) is 6.45. The fourth-order valence-corrected chi connectivity index (χ4v) is 3.03. The molecule has 6 heteroatoms. The van der Waals surface area contributed by atoms with Crippen molar-refractivity contribution in [3.8, 4) is 11.5 Å².